The number of alkyl carbamates (subject to hydrolysis) is 1. The zero-order chi connectivity index (χ0) is 24.8. The molecule has 1 aromatic rings. The second-order valence-corrected chi connectivity index (χ2v) is 12.0. The molecule has 2 aliphatic rings. The summed E-state index contributed by atoms with van der Waals surface area (Å²) in [5, 5.41) is 2.84. The van der Waals surface area contributed by atoms with Crippen molar-refractivity contribution in [2.75, 3.05) is 18.0 Å². The van der Waals surface area contributed by atoms with Crippen molar-refractivity contribution in [1.82, 2.24) is 9.62 Å². The van der Waals surface area contributed by atoms with Gasteiger partial charge in [0.15, 0.2) is 6.29 Å². The molecule has 0 saturated carbocycles. The molecule has 0 radical (unpaired) electrons. The van der Waals surface area contributed by atoms with Gasteiger partial charge in [-0.1, -0.05) is 6.07 Å². The third kappa shape index (κ3) is 5.21. The third-order valence-corrected chi connectivity index (χ3v) is 7.39. The highest BCUT2D eigenvalue weighted by atomic mass is 32.2. The van der Waals surface area contributed by atoms with Crippen LogP contribution in [0.2, 0.25) is 0 Å². The van der Waals surface area contributed by atoms with Crippen LogP contribution in [0.15, 0.2) is 24.3 Å². The van der Waals surface area contributed by atoms with Crippen molar-refractivity contribution >= 4 is 38.9 Å². The molecule has 2 aliphatic heterocycles. The molecule has 2 amide bonds. The van der Waals surface area contributed by atoms with Gasteiger partial charge < -0.3 is 15.0 Å². The summed E-state index contributed by atoms with van der Waals surface area (Å²) in [6, 6.07) is 4.62. The monoisotopic (exact) mass is 477 g/mol. The number of carbonyl (C=O) groups excluding carboxylic acids is 3. The van der Waals surface area contributed by atoms with Gasteiger partial charge in [-0.15, -0.1) is 0 Å². The maximum atomic E-state index is 13.0. The largest absolute Gasteiger partial charge is 0.444 e. The van der Waals surface area contributed by atoms with Crippen molar-refractivity contribution in [1.29, 1.82) is 0 Å². The Morgan fingerprint density at radius 2 is 1.85 bits per heavy atom. The number of rotatable bonds is 4. The van der Waals surface area contributed by atoms with Gasteiger partial charge in [-0.05, 0) is 65.7 Å². The van der Waals surface area contributed by atoms with E-state index in [1.807, 2.05) is 4.90 Å². The molecule has 1 aromatic carbocycles. The maximum Gasteiger partial charge on any atom is 0.407 e. The average molecular weight is 478 g/mol. The van der Waals surface area contributed by atoms with Crippen LogP contribution in [0, 0.1) is 0 Å². The Labute approximate surface area is 194 Å². The molecule has 1 fully saturated rings. The van der Waals surface area contributed by atoms with E-state index >= 15 is 0 Å². The van der Waals surface area contributed by atoms with Gasteiger partial charge in [0.1, 0.15) is 10.5 Å². The third-order valence-electron chi connectivity index (χ3n) is 5.27. The second kappa shape index (κ2) is 8.48. The van der Waals surface area contributed by atoms with Crippen LogP contribution in [0.4, 0.5) is 10.5 Å². The summed E-state index contributed by atoms with van der Waals surface area (Å²) < 4.78 is 32.2. The number of aldehydes is 1. The standard InChI is InChI=1S/C23H31N3O6S/c1-22(2,3)26-20(28)12-19(33(26,30)31)15-7-8-18(16(11-15)14-27)25-10-9-17(13-25)24-21(29)32-23(4,5)6/h7-8,11-12,14,17H,9-10,13H2,1-6H3,(H,24,29). The van der Waals surface area contributed by atoms with Crippen molar-refractivity contribution in [3.8, 4) is 0 Å². The first-order chi connectivity index (χ1) is 15.1. The highest BCUT2D eigenvalue weighted by Gasteiger charge is 2.44. The summed E-state index contributed by atoms with van der Waals surface area (Å²) in [6.45, 7) is 11.4. The number of hydrogen-bond donors (Lipinski definition) is 1. The van der Waals surface area contributed by atoms with Gasteiger partial charge in [-0.2, -0.15) is 0 Å². The minimum absolute atomic E-state index is 0.122. The van der Waals surface area contributed by atoms with Crippen LogP contribution in [-0.4, -0.2) is 61.3 Å². The average Bonchev–Trinajstić information content (AvgIpc) is 3.20. The number of sulfonamides is 1. The number of anilines is 1. The Hall–Kier alpha value is -2.88. The topological polar surface area (TPSA) is 113 Å². The molecule has 180 valence electrons. The normalized spacial score (nSPS) is 20.6. The predicted octanol–water partition coefficient (Wildman–Crippen LogP) is 2.91. The van der Waals surface area contributed by atoms with Crippen LogP contribution >= 0.6 is 0 Å². The van der Waals surface area contributed by atoms with Gasteiger partial charge in [0.2, 0.25) is 0 Å². The number of benzene rings is 1. The predicted molar refractivity (Wildman–Crippen MR) is 125 cm³/mol. The molecule has 1 saturated heterocycles. The minimum Gasteiger partial charge on any atom is -0.444 e. The number of nitrogens with zero attached hydrogens (tertiary/aromatic N) is 2. The van der Waals surface area contributed by atoms with E-state index in [2.05, 4.69) is 5.32 Å². The molecular weight excluding hydrogens is 446 g/mol. The van der Waals surface area contributed by atoms with Crippen molar-refractivity contribution in [2.45, 2.75) is 65.1 Å². The first-order valence-corrected chi connectivity index (χ1v) is 12.2. The number of nitrogens with one attached hydrogen (secondary N) is 1. The van der Waals surface area contributed by atoms with Crippen LogP contribution in [0.5, 0.6) is 0 Å². The lowest BCUT2D eigenvalue weighted by molar-refractivity contribution is -0.123. The molecule has 1 atom stereocenters. The zero-order valence-corrected chi connectivity index (χ0v) is 20.7. The molecule has 1 N–H and O–H groups in total. The number of amides is 2. The van der Waals surface area contributed by atoms with E-state index < -0.39 is 33.2 Å². The molecular formula is C23H31N3O6S. The summed E-state index contributed by atoms with van der Waals surface area (Å²) in [6.07, 6.45) is 1.94. The second-order valence-electron chi connectivity index (χ2n) is 10.3. The van der Waals surface area contributed by atoms with E-state index in [1.54, 1.807) is 53.7 Å². The van der Waals surface area contributed by atoms with Crippen LogP contribution in [0.3, 0.4) is 0 Å². The van der Waals surface area contributed by atoms with E-state index in [0.717, 1.165) is 10.4 Å². The molecule has 0 aliphatic carbocycles. The van der Waals surface area contributed by atoms with Crippen molar-refractivity contribution in [3.05, 3.63) is 35.4 Å². The highest BCUT2D eigenvalue weighted by Crippen LogP contribution is 2.37. The fourth-order valence-corrected chi connectivity index (χ4v) is 5.93. The molecule has 0 aromatic heterocycles. The number of carbonyl (C=O) groups is 3. The molecule has 1 unspecified atom stereocenters. The van der Waals surface area contributed by atoms with E-state index in [9.17, 15) is 22.8 Å². The molecule has 9 nitrogen and oxygen atoms in total. The van der Waals surface area contributed by atoms with Gasteiger partial charge in [-0.3, -0.25) is 9.59 Å². The number of ether oxygens (including phenoxy) is 1. The van der Waals surface area contributed by atoms with Gasteiger partial charge in [0.25, 0.3) is 15.9 Å². The van der Waals surface area contributed by atoms with Crippen molar-refractivity contribution in [3.63, 3.8) is 0 Å². The lowest BCUT2D eigenvalue weighted by Crippen LogP contribution is -2.45. The first-order valence-electron chi connectivity index (χ1n) is 10.8. The van der Waals surface area contributed by atoms with Gasteiger partial charge in [-0.25, -0.2) is 17.5 Å². The molecule has 3 rings (SSSR count). The van der Waals surface area contributed by atoms with E-state index in [-0.39, 0.29) is 16.5 Å². The quantitative estimate of drug-likeness (QED) is 0.664. The van der Waals surface area contributed by atoms with E-state index in [4.69, 9.17) is 4.74 Å². The highest BCUT2D eigenvalue weighted by molar-refractivity contribution is 7.99. The summed E-state index contributed by atoms with van der Waals surface area (Å²) in [7, 11) is -4.03. The van der Waals surface area contributed by atoms with Crippen molar-refractivity contribution < 1.29 is 27.5 Å². The SMILES string of the molecule is CC(C)(C)OC(=O)NC1CCN(c2ccc(C3=CC(=O)N(C(C)(C)C)S3(=O)=O)cc2C=O)C1. The maximum absolute atomic E-state index is 13.0. The molecule has 0 bridgehead atoms. The fourth-order valence-electron chi connectivity index (χ4n) is 4.05. The van der Waals surface area contributed by atoms with Crippen molar-refractivity contribution in [2.24, 2.45) is 0 Å². The summed E-state index contributed by atoms with van der Waals surface area (Å²) in [4.78, 5) is 38.2. The molecule has 2 heterocycles. The Bertz CT molecular complexity index is 1110. The Morgan fingerprint density at radius 3 is 2.39 bits per heavy atom. The number of hydrogen-bond acceptors (Lipinski definition) is 7. The van der Waals surface area contributed by atoms with Gasteiger partial charge in [0.05, 0.1) is 11.6 Å². The Balaban J connectivity index is 1.81. The first kappa shape index (κ1) is 24.8. The minimum atomic E-state index is -4.03. The van der Waals surface area contributed by atoms with Crippen LogP contribution in [0.25, 0.3) is 4.91 Å². The van der Waals surface area contributed by atoms with E-state index in [0.29, 0.717) is 37.0 Å². The fraction of sp³-hybridized carbons (Fsp3) is 0.522. The lowest BCUT2D eigenvalue weighted by atomic mass is 10.1. The Kier molecular flexibility index (Phi) is 6.36. The Morgan fingerprint density at radius 1 is 1.18 bits per heavy atom. The molecule has 0 spiro atoms. The summed E-state index contributed by atoms with van der Waals surface area (Å²) in [5.74, 6) is -0.607. The van der Waals surface area contributed by atoms with Crippen LogP contribution in [0.1, 0.15) is 63.9 Å². The van der Waals surface area contributed by atoms with Gasteiger partial charge >= 0.3 is 6.09 Å². The molecule has 33 heavy (non-hydrogen) atoms. The summed E-state index contributed by atoms with van der Waals surface area (Å²) in [5.41, 5.74) is -0.279. The summed E-state index contributed by atoms with van der Waals surface area (Å²) >= 11 is 0. The zero-order valence-electron chi connectivity index (χ0n) is 19.8. The van der Waals surface area contributed by atoms with Crippen LogP contribution in [-0.2, 0) is 19.6 Å². The lowest BCUT2D eigenvalue weighted by Gasteiger charge is -2.30. The molecule has 10 heteroatoms. The smallest absolute Gasteiger partial charge is 0.407 e. The van der Waals surface area contributed by atoms with Gasteiger partial charge in [0, 0.05) is 30.4 Å². The van der Waals surface area contributed by atoms with E-state index in [1.165, 1.54) is 6.07 Å². The van der Waals surface area contributed by atoms with Crippen LogP contribution < -0.4 is 10.2 Å².